The van der Waals surface area contributed by atoms with E-state index in [-0.39, 0.29) is 0 Å². The van der Waals surface area contributed by atoms with E-state index >= 15 is 0 Å². The van der Waals surface area contributed by atoms with Crippen molar-refractivity contribution in [2.75, 3.05) is 27.2 Å². The van der Waals surface area contributed by atoms with E-state index in [2.05, 4.69) is 23.9 Å². The molecule has 0 amide bonds. The third-order valence-corrected chi connectivity index (χ3v) is 3.73. The van der Waals surface area contributed by atoms with E-state index in [0.717, 1.165) is 25.2 Å². The first kappa shape index (κ1) is 13.7. The van der Waals surface area contributed by atoms with Crippen molar-refractivity contribution in [1.82, 2.24) is 9.80 Å². The lowest BCUT2D eigenvalue weighted by Gasteiger charge is -2.27. The van der Waals surface area contributed by atoms with Gasteiger partial charge in [0.05, 0.1) is 0 Å². The van der Waals surface area contributed by atoms with Gasteiger partial charge < -0.3 is 10.0 Å². The second-order valence-electron chi connectivity index (χ2n) is 5.30. The zero-order chi connectivity index (χ0) is 13.1. The Balaban J connectivity index is 2.05. The molecule has 1 aromatic rings. The van der Waals surface area contributed by atoms with Crippen LogP contribution in [0.1, 0.15) is 18.4 Å². The Morgan fingerprint density at radius 3 is 2.94 bits per heavy atom. The molecule has 0 aromatic heterocycles. The molecular weight excluding hydrogens is 248 g/mol. The van der Waals surface area contributed by atoms with Crippen LogP contribution in [0.5, 0.6) is 5.75 Å². The Bertz CT molecular complexity index is 409. The quantitative estimate of drug-likeness (QED) is 0.909. The predicted molar refractivity (Wildman–Crippen MR) is 75.1 cm³/mol. The van der Waals surface area contributed by atoms with Gasteiger partial charge in [-0.25, -0.2) is 0 Å². The topological polar surface area (TPSA) is 26.7 Å². The maximum Gasteiger partial charge on any atom is 0.120 e. The summed E-state index contributed by atoms with van der Waals surface area (Å²) in [6.45, 7) is 2.96. The summed E-state index contributed by atoms with van der Waals surface area (Å²) in [5.74, 6) is 0.343. The second-order valence-corrected chi connectivity index (χ2v) is 5.74. The summed E-state index contributed by atoms with van der Waals surface area (Å²) in [6.07, 6.45) is 2.47. The average molecular weight is 269 g/mol. The number of aromatic hydroxyl groups is 1. The standard InChI is InChI=1S/C14H21ClN2O/c1-16(2)10-13-4-3-7-17(13)9-11-8-12(15)5-6-14(11)18/h5-6,8,13,18H,3-4,7,9-10H2,1-2H3. The fourth-order valence-electron chi connectivity index (χ4n) is 2.63. The van der Waals surface area contributed by atoms with Crippen molar-refractivity contribution < 1.29 is 5.11 Å². The lowest BCUT2D eigenvalue weighted by atomic mass is 10.1. The summed E-state index contributed by atoms with van der Waals surface area (Å²) >= 11 is 5.99. The highest BCUT2D eigenvalue weighted by atomic mass is 35.5. The van der Waals surface area contributed by atoms with Crippen LogP contribution < -0.4 is 0 Å². The van der Waals surface area contributed by atoms with Gasteiger partial charge in [0.1, 0.15) is 5.75 Å². The van der Waals surface area contributed by atoms with Gasteiger partial charge in [-0.15, -0.1) is 0 Å². The van der Waals surface area contributed by atoms with Crippen LogP contribution in [0.25, 0.3) is 0 Å². The molecule has 1 N–H and O–H groups in total. The average Bonchev–Trinajstić information content (AvgIpc) is 2.70. The van der Waals surface area contributed by atoms with Crippen LogP contribution in [-0.4, -0.2) is 48.1 Å². The molecule has 1 fully saturated rings. The third-order valence-electron chi connectivity index (χ3n) is 3.49. The molecular formula is C14H21ClN2O. The summed E-state index contributed by atoms with van der Waals surface area (Å²) in [7, 11) is 4.21. The Hall–Kier alpha value is -0.770. The molecule has 0 spiro atoms. The van der Waals surface area contributed by atoms with E-state index in [9.17, 15) is 5.11 Å². The van der Waals surface area contributed by atoms with Crippen molar-refractivity contribution >= 4 is 11.6 Å². The number of rotatable bonds is 4. The fourth-order valence-corrected chi connectivity index (χ4v) is 2.83. The number of phenolic OH excluding ortho intramolecular Hbond substituents is 1. The summed E-state index contributed by atoms with van der Waals surface area (Å²) in [5.41, 5.74) is 0.924. The number of nitrogens with zero attached hydrogens (tertiary/aromatic N) is 2. The van der Waals surface area contributed by atoms with Crippen LogP contribution in [0.4, 0.5) is 0 Å². The van der Waals surface area contributed by atoms with Crippen LogP contribution in [-0.2, 0) is 6.54 Å². The Morgan fingerprint density at radius 1 is 1.44 bits per heavy atom. The number of likely N-dealkylation sites (tertiary alicyclic amines) is 1. The Morgan fingerprint density at radius 2 is 2.22 bits per heavy atom. The molecule has 0 aliphatic carbocycles. The fraction of sp³-hybridized carbons (Fsp3) is 0.571. The van der Waals surface area contributed by atoms with Gasteiger partial charge in [0.25, 0.3) is 0 Å². The Labute approximate surface area is 114 Å². The second kappa shape index (κ2) is 5.91. The van der Waals surface area contributed by atoms with Crippen LogP contribution >= 0.6 is 11.6 Å². The molecule has 1 aliphatic rings. The zero-order valence-corrected chi connectivity index (χ0v) is 11.8. The summed E-state index contributed by atoms with van der Waals surface area (Å²) in [6, 6.07) is 5.84. The summed E-state index contributed by atoms with van der Waals surface area (Å²) in [4.78, 5) is 4.66. The first-order valence-corrected chi connectivity index (χ1v) is 6.80. The van der Waals surface area contributed by atoms with E-state index in [1.54, 1.807) is 12.1 Å². The lowest BCUT2D eigenvalue weighted by molar-refractivity contribution is 0.199. The van der Waals surface area contributed by atoms with Crippen molar-refractivity contribution in [3.8, 4) is 5.75 Å². The number of halogens is 1. The minimum absolute atomic E-state index is 0.343. The monoisotopic (exact) mass is 268 g/mol. The molecule has 1 heterocycles. The smallest absolute Gasteiger partial charge is 0.120 e. The van der Waals surface area contributed by atoms with Gasteiger partial charge in [0.15, 0.2) is 0 Å². The molecule has 4 heteroatoms. The molecule has 1 atom stereocenters. The number of hydrogen-bond donors (Lipinski definition) is 1. The summed E-state index contributed by atoms with van der Waals surface area (Å²) < 4.78 is 0. The highest BCUT2D eigenvalue weighted by Crippen LogP contribution is 2.26. The molecule has 0 saturated carbocycles. The van der Waals surface area contributed by atoms with Crippen molar-refractivity contribution in [2.45, 2.75) is 25.4 Å². The van der Waals surface area contributed by atoms with Gasteiger partial charge in [-0.3, -0.25) is 4.90 Å². The molecule has 3 nitrogen and oxygen atoms in total. The van der Waals surface area contributed by atoms with Crippen molar-refractivity contribution in [3.05, 3.63) is 28.8 Å². The number of phenols is 1. The minimum atomic E-state index is 0.343. The molecule has 1 saturated heterocycles. The molecule has 1 unspecified atom stereocenters. The highest BCUT2D eigenvalue weighted by molar-refractivity contribution is 6.30. The highest BCUT2D eigenvalue weighted by Gasteiger charge is 2.25. The first-order valence-electron chi connectivity index (χ1n) is 6.42. The van der Waals surface area contributed by atoms with Crippen LogP contribution in [0, 0.1) is 0 Å². The van der Waals surface area contributed by atoms with Crippen LogP contribution in [0.2, 0.25) is 5.02 Å². The third kappa shape index (κ3) is 3.37. The van der Waals surface area contributed by atoms with Gasteiger partial charge in [-0.05, 0) is 51.7 Å². The summed E-state index contributed by atoms with van der Waals surface area (Å²) in [5, 5.41) is 10.6. The number of hydrogen-bond acceptors (Lipinski definition) is 3. The van der Waals surface area contributed by atoms with Gasteiger partial charge in [-0.1, -0.05) is 11.6 Å². The molecule has 0 bridgehead atoms. The van der Waals surface area contributed by atoms with Gasteiger partial charge in [0.2, 0.25) is 0 Å². The van der Waals surface area contributed by atoms with Gasteiger partial charge in [0, 0.05) is 29.7 Å². The molecule has 18 heavy (non-hydrogen) atoms. The Kier molecular flexibility index (Phi) is 4.49. The van der Waals surface area contributed by atoms with E-state index < -0.39 is 0 Å². The normalized spacial score (nSPS) is 20.8. The largest absolute Gasteiger partial charge is 0.508 e. The van der Waals surface area contributed by atoms with E-state index in [1.807, 2.05) is 6.07 Å². The number of likely N-dealkylation sites (N-methyl/N-ethyl adjacent to an activating group) is 1. The van der Waals surface area contributed by atoms with Crippen LogP contribution in [0.3, 0.4) is 0 Å². The number of benzene rings is 1. The van der Waals surface area contributed by atoms with E-state index in [4.69, 9.17) is 11.6 Å². The molecule has 1 aromatic carbocycles. The van der Waals surface area contributed by atoms with Crippen molar-refractivity contribution in [2.24, 2.45) is 0 Å². The molecule has 0 radical (unpaired) electrons. The van der Waals surface area contributed by atoms with Gasteiger partial charge in [-0.2, -0.15) is 0 Å². The zero-order valence-electron chi connectivity index (χ0n) is 11.1. The predicted octanol–water partition coefficient (Wildman–Crippen LogP) is 2.57. The first-order chi connectivity index (χ1) is 8.56. The SMILES string of the molecule is CN(C)CC1CCCN1Cc1cc(Cl)ccc1O. The molecule has 100 valence electrons. The maximum absolute atomic E-state index is 9.87. The van der Waals surface area contributed by atoms with E-state index in [1.165, 1.54) is 12.8 Å². The maximum atomic E-state index is 9.87. The molecule has 2 rings (SSSR count). The van der Waals surface area contributed by atoms with Crippen molar-refractivity contribution in [3.63, 3.8) is 0 Å². The lowest BCUT2D eigenvalue weighted by Crippen LogP contribution is -2.37. The van der Waals surface area contributed by atoms with Crippen molar-refractivity contribution in [1.29, 1.82) is 0 Å². The van der Waals surface area contributed by atoms with Crippen LogP contribution in [0.15, 0.2) is 18.2 Å². The van der Waals surface area contributed by atoms with Gasteiger partial charge >= 0.3 is 0 Å². The molecule has 1 aliphatic heterocycles. The minimum Gasteiger partial charge on any atom is -0.508 e. The van der Waals surface area contributed by atoms with E-state index in [0.29, 0.717) is 16.8 Å².